The van der Waals surface area contributed by atoms with Crippen molar-refractivity contribution in [3.8, 4) is 0 Å². The van der Waals surface area contributed by atoms with E-state index in [2.05, 4.69) is 64.2 Å². The molecule has 1 N–H and O–H groups in total. The molecule has 2 aliphatic heterocycles. The van der Waals surface area contributed by atoms with Crippen LogP contribution in [0.1, 0.15) is 22.6 Å². The van der Waals surface area contributed by atoms with Gasteiger partial charge in [0.1, 0.15) is 0 Å². The summed E-state index contributed by atoms with van der Waals surface area (Å²) in [7, 11) is 0. The van der Waals surface area contributed by atoms with Gasteiger partial charge in [-0.15, -0.1) is 0 Å². The summed E-state index contributed by atoms with van der Waals surface area (Å²) < 4.78 is 1.04. The van der Waals surface area contributed by atoms with E-state index in [-0.39, 0.29) is 30.5 Å². The van der Waals surface area contributed by atoms with Crippen LogP contribution in [0.25, 0.3) is 0 Å². The summed E-state index contributed by atoms with van der Waals surface area (Å²) in [5.41, 5.74) is 3.67. The first kappa shape index (κ1) is 17.7. The third-order valence-electron chi connectivity index (χ3n) is 5.60. The fourth-order valence-corrected chi connectivity index (χ4v) is 4.59. The Morgan fingerprint density at radius 1 is 1.12 bits per heavy atom. The molecule has 0 radical (unpaired) electrons. The molecule has 2 aromatic rings. The molecular formula is C21H23BrN2O2. The number of carbonyl (C=O) groups is 1. The number of carbonyl (C=O) groups excluding carboxylic acids is 1. The topological polar surface area (TPSA) is 43.8 Å². The minimum atomic E-state index is -0.102. The Labute approximate surface area is 162 Å². The van der Waals surface area contributed by atoms with Crippen molar-refractivity contribution in [2.75, 3.05) is 19.7 Å². The summed E-state index contributed by atoms with van der Waals surface area (Å²) in [5, 5.41) is 9.84. The number of fused-ring (bicyclic) bond motifs is 1. The smallest absolute Gasteiger partial charge is 0.237 e. The van der Waals surface area contributed by atoms with E-state index >= 15 is 0 Å². The highest BCUT2D eigenvalue weighted by molar-refractivity contribution is 9.10. The second kappa shape index (κ2) is 7.14. The molecule has 4 rings (SSSR count). The van der Waals surface area contributed by atoms with Crippen molar-refractivity contribution >= 4 is 21.8 Å². The number of benzene rings is 2. The highest BCUT2D eigenvalue weighted by atomic mass is 79.9. The molecule has 136 valence electrons. The standard InChI is InChI=1S/C21H23BrN2O2/c1-14-2-4-15(5-3-14)10-23-11-18-21(16-6-8-17(22)9-7-16)19(13-25)24(18)20(26)12-23/h2-9,18-19,21,25H,10-13H2,1H3/t18-,19-,21-/m1/s1. The molecule has 1 amide bonds. The summed E-state index contributed by atoms with van der Waals surface area (Å²) in [5.74, 6) is 0.318. The summed E-state index contributed by atoms with van der Waals surface area (Å²) in [6.07, 6.45) is 0. The largest absolute Gasteiger partial charge is 0.394 e. The second-order valence-corrected chi connectivity index (χ2v) is 8.27. The maximum Gasteiger partial charge on any atom is 0.237 e. The van der Waals surface area contributed by atoms with Crippen LogP contribution < -0.4 is 0 Å². The molecule has 5 heteroatoms. The van der Waals surface area contributed by atoms with Crippen LogP contribution >= 0.6 is 15.9 Å². The number of aliphatic hydroxyl groups excluding tert-OH is 1. The van der Waals surface area contributed by atoms with Gasteiger partial charge in [-0.1, -0.05) is 57.9 Å². The summed E-state index contributed by atoms with van der Waals surface area (Å²) in [6.45, 7) is 4.15. The number of hydrogen-bond donors (Lipinski definition) is 1. The van der Waals surface area contributed by atoms with E-state index < -0.39 is 0 Å². The maximum atomic E-state index is 12.7. The molecule has 2 heterocycles. The molecule has 2 fully saturated rings. The number of hydrogen-bond acceptors (Lipinski definition) is 3. The molecule has 0 aromatic heterocycles. The predicted molar refractivity (Wildman–Crippen MR) is 105 cm³/mol. The van der Waals surface area contributed by atoms with Gasteiger partial charge in [-0.3, -0.25) is 9.69 Å². The fraction of sp³-hybridized carbons (Fsp3) is 0.381. The predicted octanol–water partition coefficient (Wildman–Crippen LogP) is 2.93. The minimum absolute atomic E-state index is 0.0148. The Morgan fingerprint density at radius 3 is 2.46 bits per heavy atom. The molecule has 26 heavy (non-hydrogen) atoms. The van der Waals surface area contributed by atoms with E-state index in [9.17, 15) is 9.90 Å². The van der Waals surface area contributed by atoms with Crippen LogP contribution in [-0.2, 0) is 11.3 Å². The summed E-state index contributed by atoms with van der Waals surface area (Å²) >= 11 is 3.47. The first-order chi connectivity index (χ1) is 12.6. The molecule has 0 spiro atoms. The van der Waals surface area contributed by atoms with Crippen LogP contribution in [0.15, 0.2) is 53.0 Å². The van der Waals surface area contributed by atoms with Crippen molar-refractivity contribution in [3.05, 3.63) is 69.7 Å². The van der Waals surface area contributed by atoms with Crippen molar-refractivity contribution in [1.29, 1.82) is 0 Å². The van der Waals surface area contributed by atoms with Crippen LogP contribution in [0, 0.1) is 6.92 Å². The first-order valence-electron chi connectivity index (χ1n) is 9.02. The van der Waals surface area contributed by atoms with Crippen molar-refractivity contribution < 1.29 is 9.90 Å². The zero-order valence-corrected chi connectivity index (χ0v) is 16.4. The van der Waals surface area contributed by atoms with E-state index in [1.807, 2.05) is 17.0 Å². The number of nitrogens with zero attached hydrogens (tertiary/aromatic N) is 2. The van der Waals surface area contributed by atoms with Gasteiger partial charge in [-0.2, -0.15) is 0 Å². The van der Waals surface area contributed by atoms with Gasteiger partial charge in [0.05, 0.1) is 25.2 Å². The van der Waals surface area contributed by atoms with Crippen molar-refractivity contribution in [3.63, 3.8) is 0 Å². The normalized spacial score (nSPS) is 25.7. The van der Waals surface area contributed by atoms with Crippen molar-refractivity contribution in [1.82, 2.24) is 9.80 Å². The quantitative estimate of drug-likeness (QED) is 0.836. The van der Waals surface area contributed by atoms with Crippen LogP contribution in [0.2, 0.25) is 0 Å². The molecule has 0 aliphatic carbocycles. The van der Waals surface area contributed by atoms with E-state index in [0.717, 1.165) is 17.6 Å². The number of aliphatic hydroxyl groups is 1. The molecule has 2 saturated heterocycles. The van der Waals surface area contributed by atoms with Gasteiger partial charge >= 0.3 is 0 Å². The molecule has 2 aromatic carbocycles. The maximum absolute atomic E-state index is 12.7. The lowest BCUT2D eigenvalue weighted by Crippen LogP contribution is -2.72. The average Bonchev–Trinajstić information content (AvgIpc) is 2.61. The lowest BCUT2D eigenvalue weighted by atomic mass is 9.74. The zero-order valence-electron chi connectivity index (χ0n) is 14.8. The molecule has 3 atom stereocenters. The lowest BCUT2D eigenvalue weighted by Gasteiger charge is -2.59. The van der Waals surface area contributed by atoms with Gasteiger partial charge in [0.15, 0.2) is 0 Å². The van der Waals surface area contributed by atoms with E-state index in [0.29, 0.717) is 6.54 Å². The third kappa shape index (κ3) is 3.20. The molecule has 0 saturated carbocycles. The lowest BCUT2D eigenvalue weighted by molar-refractivity contribution is -0.162. The van der Waals surface area contributed by atoms with Crippen LogP contribution in [0.5, 0.6) is 0 Å². The Balaban J connectivity index is 1.53. The molecule has 4 nitrogen and oxygen atoms in total. The van der Waals surface area contributed by atoms with Gasteiger partial charge in [0, 0.05) is 23.5 Å². The molecule has 0 unspecified atom stereocenters. The highest BCUT2D eigenvalue weighted by Crippen LogP contribution is 2.43. The molecular weight excluding hydrogens is 392 g/mol. The SMILES string of the molecule is Cc1ccc(CN2CC(=O)N3[C@H](CO)[C@H](c4ccc(Br)cc4)[C@H]3C2)cc1. The average molecular weight is 415 g/mol. The third-order valence-corrected chi connectivity index (χ3v) is 6.13. The fourth-order valence-electron chi connectivity index (χ4n) is 4.32. The molecule has 2 aliphatic rings. The Bertz CT molecular complexity index is 791. The second-order valence-electron chi connectivity index (χ2n) is 7.35. The molecule has 0 bridgehead atoms. The van der Waals surface area contributed by atoms with Gasteiger partial charge in [0.25, 0.3) is 0 Å². The Morgan fingerprint density at radius 2 is 1.81 bits per heavy atom. The highest BCUT2D eigenvalue weighted by Gasteiger charge is 2.53. The van der Waals surface area contributed by atoms with Crippen LogP contribution in [0.3, 0.4) is 0 Å². The van der Waals surface area contributed by atoms with Gasteiger partial charge in [-0.25, -0.2) is 0 Å². The van der Waals surface area contributed by atoms with E-state index in [1.54, 1.807) is 0 Å². The van der Waals surface area contributed by atoms with Crippen LogP contribution in [-0.4, -0.2) is 52.6 Å². The van der Waals surface area contributed by atoms with Crippen molar-refractivity contribution in [2.24, 2.45) is 0 Å². The van der Waals surface area contributed by atoms with Crippen molar-refractivity contribution in [2.45, 2.75) is 31.5 Å². The monoisotopic (exact) mass is 414 g/mol. The van der Waals surface area contributed by atoms with E-state index in [4.69, 9.17) is 0 Å². The van der Waals surface area contributed by atoms with Gasteiger partial charge in [-0.05, 0) is 30.2 Å². The summed E-state index contributed by atoms with van der Waals surface area (Å²) in [4.78, 5) is 16.8. The zero-order chi connectivity index (χ0) is 18.3. The van der Waals surface area contributed by atoms with Gasteiger partial charge < -0.3 is 10.0 Å². The minimum Gasteiger partial charge on any atom is -0.394 e. The van der Waals surface area contributed by atoms with E-state index in [1.165, 1.54) is 16.7 Å². The Kier molecular flexibility index (Phi) is 4.86. The number of aryl methyl sites for hydroxylation is 1. The number of amides is 1. The number of rotatable bonds is 4. The van der Waals surface area contributed by atoms with Gasteiger partial charge in [0.2, 0.25) is 5.91 Å². The first-order valence-corrected chi connectivity index (χ1v) is 9.81. The number of halogens is 1. The summed E-state index contributed by atoms with van der Waals surface area (Å²) in [6, 6.07) is 16.8. The Hall–Kier alpha value is -1.69. The van der Waals surface area contributed by atoms with Crippen LogP contribution in [0.4, 0.5) is 0 Å². The number of piperazine rings is 1.